The third-order valence-corrected chi connectivity index (χ3v) is 10.7. The monoisotopic (exact) mass is 813 g/mol. The number of hydrogen-bond donors (Lipinski definition) is 0. The van der Waals surface area contributed by atoms with Crippen molar-refractivity contribution in [2.45, 2.75) is 26.2 Å². The van der Waals surface area contributed by atoms with Crippen molar-refractivity contribution in [2.75, 3.05) is 52.9 Å². The lowest BCUT2D eigenvalue weighted by Gasteiger charge is -2.21. The lowest BCUT2D eigenvalue weighted by molar-refractivity contribution is 0.0188. The summed E-state index contributed by atoms with van der Waals surface area (Å²) in [6.45, 7) is 2.09. The highest BCUT2D eigenvalue weighted by Crippen LogP contribution is 2.19. The predicted octanol–water partition coefficient (Wildman–Crippen LogP) is 7.35. The molecule has 286 valence electrons. The molecule has 2 amide bonds. The van der Waals surface area contributed by atoms with Crippen molar-refractivity contribution in [1.82, 2.24) is 14.8 Å². The predicted molar refractivity (Wildman–Crippen MR) is 205 cm³/mol. The summed E-state index contributed by atoms with van der Waals surface area (Å²) >= 11 is 6.29. The van der Waals surface area contributed by atoms with Gasteiger partial charge in [0.05, 0.1) is 52.6 Å². The van der Waals surface area contributed by atoms with Gasteiger partial charge in [0.15, 0.2) is 0 Å². The van der Waals surface area contributed by atoms with Gasteiger partial charge < -0.3 is 28.4 Å². The zero-order valence-electron chi connectivity index (χ0n) is 29.2. The zero-order valence-corrected chi connectivity index (χ0v) is 32.5. The third-order valence-electron chi connectivity index (χ3n) is 7.22. The van der Waals surface area contributed by atoms with Crippen molar-refractivity contribution in [1.29, 1.82) is 0 Å². The van der Waals surface area contributed by atoms with E-state index in [0.29, 0.717) is 26.2 Å². The van der Waals surface area contributed by atoms with Crippen LogP contribution in [0.2, 0.25) is 0 Å². The molecule has 0 atom stereocenters. The van der Waals surface area contributed by atoms with Crippen LogP contribution in [0.1, 0.15) is 40.5 Å². The number of hydrogen-bond acceptors (Lipinski definition) is 15. The fourth-order valence-corrected chi connectivity index (χ4v) is 7.57. The molecule has 17 heteroatoms. The van der Waals surface area contributed by atoms with E-state index in [1.54, 1.807) is 55.1 Å². The minimum absolute atomic E-state index is 0.0355. The Morgan fingerprint density at radius 2 is 0.778 bits per heavy atom. The van der Waals surface area contributed by atoms with Crippen LogP contribution in [0.4, 0.5) is 9.59 Å². The summed E-state index contributed by atoms with van der Waals surface area (Å²) in [6, 6.07) is 20.0. The van der Waals surface area contributed by atoms with Crippen LogP contribution in [-0.2, 0) is 54.6 Å². The van der Waals surface area contributed by atoms with Crippen molar-refractivity contribution in [3.63, 3.8) is 0 Å². The van der Waals surface area contributed by atoms with Crippen LogP contribution in [0.3, 0.4) is 0 Å². The molecular weight excluding hydrogens is 775 g/mol. The van der Waals surface area contributed by atoms with E-state index in [1.807, 2.05) is 70.1 Å². The second-order valence-electron chi connectivity index (χ2n) is 11.2. The first-order valence-corrected chi connectivity index (χ1v) is 20.4. The van der Waals surface area contributed by atoms with Gasteiger partial charge in [0.25, 0.3) is 0 Å². The number of nitrogens with zero attached hydrogens (tertiary/aromatic N) is 3. The fraction of sp³-hybridized carbons (Fsp3) is 0.324. The molecule has 0 aliphatic carbocycles. The molecule has 13 nitrogen and oxygen atoms in total. The van der Waals surface area contributed by atoms with E-state index >= 15 is 0 Å². The van der Waals surface area contributed by atoms with Crippen LogP contribution >= 0.6 is 45.3 Å². The maximum Gasteiger partial charge on any atom is 0.410 e. The smallest absolute Gasteiger partial charge is 0.410 e. The average molecular weight is 814 g/mol. The number of thiophene rings is 4. The van der Waals surface area contributed by atoms with Gasteiger partial charge in [-0.25, -0.2) is 24.2 Å². The molecule has 0 aliphatic rings. The quantitative estimate of drug-likeness (QED) is 0.0393. The number of aromatic nitrogens is 1. The Hall–Kier alpha value is -4.65. The van der Waals surface area contributed by atoms with Gasteiger partial charge in [-0.3, -0.25) is 9.80 Å². The lowest BCUT2D eigenvalue weighted by Crippen LogP contribution is -2.31. The fourth-order valence-electron chi connectivity index (χ4n) is 4.69. The van der Waals surface area contributed by atoms with E-state index in [-0.39, 0.29) is 64.2 Å². The highest BCUT2D eigenvalue weighted by Gasteiger charge is 2.19. The molecule has 5 aromatic rings. The molecule has 0 saturated carbocycles. The first-order chi connectivity index (χ1) is 26.4. The Kier molecular flexibility index (Phi) is 16.9. The molecule has 5 rings (SSSR count). The molecule has 5 heterocycles. The summed E-state index contributed by atoms with van der Waals surface area (Å²) in [7, 11) is 0. The van der Waals surface area contributed by atoms with E-state index in [1.165, 1.54) is 18.2 Å². The summed E-state index contributed by atoms with van der Waals surface area (Å²) in [5.74, 6) is -1.47. The number of amides is 2. The maximum atomic E-state index is 12.8. The number of pyridine rings is 1. The van der Waals surface area contributed by atoms with Gasteiger partial charge >= 0.3 is 24.1 Å². The summed E-state index contributed by atoms with van der Waals surface area (Å²) in [6.07, 6.45) is -0.889. The van der Waals surface area contributed by atoms with Crippen LogP contribution in [0.5, 0.6) is 0 Å². The zero-order chi connectivity index (χ0) is 37.8. The van der Waals surface area contributed by atoms with E-state index in [9.17, 15) is 19.2 Å². The average Bonchev–Trinajstić information content (AvgIpc) is 4.04. The largest absolute Gasteiger partial charge is 0.459 e. The Labute approximate surface area is 328 Å². The van der Waals surface area contributed by atoms with Crippen LogP contribution in [-0.4, -0.2) is 91.8 Å². The highest BCUT2D eigenvalue weighted by atomic mass is 32.1. The molecule has 0 spiro atoms. The van der Waals surface area contributed by atoms with Crippen LogP contribution in [0.25, 0.3) is 0 Å². The van der Waals surface area contributed by atoms with E-state index in [2.05, 4.69) is 4.98 Å². The first kappa shape index (κ1) is 40.5. The minimum Gasteiger partial charge on any atom is -0.459 e. The molecule has 0 aliphatic heterocycles. The normalized spacial score (nSPS) is 10.8. The Bertz CT molecular complexity index is 1630. The highest BCUT2D eigenvalue weighted by molar-refractivity contribution is 7.10. The van der Waals surface area contributed by atoms with Gasteiger partial charge in [-0.05, 0) is 57.9 Å². The number of ether oxygens (including phenoxy) is 6. The van der Waals surface area contributed by atoms with Crippen LogP contribution in [0, 0.1) is 0 Å². The van der Waals surface area contributed by atoms with E-state index in [4.69, 9.17) is 28.4 Å². The van der Waals surface area contributed by atoms with Gasteiger partial charge in [-0.2, -0.15) is 0 Å². The Balaban J connectivity index is 0.920. The van der Waals surface area contributed by atoms with Gasteiger partial charge in [-0.1, -0.05) is 30.3 Å². The van der Waals surface area contributed by atoms with Gasteiger partial charge in [0.2, 0.25) is 0 Å². The molecule has 0 saturated heterocycles. The van der Waals surface area contributed by atoms with Crippen molar-refractivity contribution >= 4 is 69.5 Å². The summed E-state index contributed by atoms with van der Waals surface area (Å²) in [4.78, 5) is 62.1. The number of esters is 2. The second kappa shape index (κ2) is 22.5. The number of carbonyl (C=O) groups is 4. The minimum atomic E-state index is -0.736. The van der Waals surface area contributed by atoms with E-state index < -0.39 is 24.1 Å². The molecule has 0 fully saturated rings. The maximum absolute atomic E-state index is 12.8. The van der Waals surface area contributed by atoms with E-state index in [0.717, 1.165) is 19.5 Å². The summed E-state index contributed by atoms with van der Waals surface area (Å²) < 4.78 is 32.2. The SMILES string of the molecule is O=C(OCCOCCOC(=O)N(Cc1cccs1)Cc1cccs1)c1cccc(C(=O)OCCOCCOC(=O)N(Cc2cccs2)Cc2cccs2)n1. The molecule has 0 radical (unpaired) electrons. The third kappa shape index (κ3) is 14.0. The summed E-state index contributed by atoms with van der Waals surface area (Å²) in [5.41, 5.74) is -0.138. The van der Waals surface area contributed by atoms with Gasteiger partial charge in [0.1, 0.15) is 37.8 Å². The van der Waals surface area contributed by atoms with Crippen molar-refractivity contribution in [3.05, 3.63) is 119 Å². The Morgan fingerprint density at radius 1 is 0.444 bits per heavy atom. The van der Waals surface area contributed by atoms with Gasteiger partial charge in [0, 0.05) is 19.5 Å². The Morgan fingerprint density at radius 3 is 1.09 bits per heavy atom. The molecule has 0 unspecified atom stereocenters. The number of carbonyl (C=O) groups excluding carboxylic acids is 4. The topological polar surface area (TPSA) is 143 Å². The lowest BCUT2D eigenvalue weighted by atomic mass is 10.3. The second-order valence-corrected chi connectivity index (χ2v) is 15.3. The standard InChI is InChI=1S/C37H39N3O10S4/c41-34(47-16-12-45-14-18-49-36(43)39(24-28-6-2-20-51-28)25-29-7-3-21-52-29)32-10-1-11-33(38-32)35(42)48-17-13-46-15-19-50-37(44)40(26-30-8-4-22-53-30)27-31-9-5-23-54-31/h1-11,20-23H,12-19,24-27H2. The van der Waals surface area contributed by atoms with Crippen molar-refractivity contribution < 1.29 is 47.6 Å². The molecule has 0 bridgehead atoms. The van der Waals surface area contributed by atoms with Crippen molar-refractivity contribution in [3.8, 4) is 0 Å². The van der Waals surface area contributed by atoms with Crippen LogP contribution < -0.4 is 0 Å². The van der Waals surface area contributed by atoms with Crippen molar-refractivity contribution in [2.24, 2.45) is 0 Å². The molecule has 0 aromatic carbocycles. The molecule has 5 aromatic heterocycles. The summed E-state index contributed by atoms with van der Waals surface area (Å²) in [5, 5.41) is 7.85. The first-order valence-electron chi connectivity index (χ1n) is 16.8. The molecule has 0 N–H and O–H groups in total. The molecular formula is C37H39N3O10S4. The van der Waals surface area contributed by atoms with Gasteiger partial charge in [-0.15, -0.1) is 45.3 Å². The number of rotatable bonds is 22. The van der Waals surface area contributed by atoms with Crippen LogP contribution in [0.15, 0.2) is 88.3 Å². The molecule has 54 heavy (non-hydrogen) atoms.